The summed E-state index contributed by atoms with van der Waals surface area (Å²) in [5.41, 5.74) is 9.64. The zero-order valence-corrected chi connectivity index (χ0v) is 12.9. The van der Waals surface area contributed by atoms with Crippen molar-refractivity contribution in [1.82, 2.24) is 0 Å². The maximum absolute atomic E-state index is 6.78. The number of hydrogen-bond acceptors (Lipinski definition) is 1. The summed E-state index contributed by atoms with van der Waals surface area (Å²) in [5.74, 6) is 0.529. The van der Waals surface area contributed by atoms with Gasteiger partial charge in [-0.3, -0.25) is 0 Å². The molecular weight excluding hydrogens is 289 g/mol. The Balaban J connectivity index is 2.22. The van der Waals surface area contributed by atoms with Crippen LogP contribution in [0.3, 0.4) is 0 Å². The van der Waals surface area contributed by atoms with Crippen LogP contribution in [-0.4, -0.2) is 0 Å². The molecule has 104 valence electrons. The number of halogens is 2. The summed E-state index contributed by atoms with van der Waals surface area (Å²) >= 11 is 12.5. The minimum Gasteiger partial charge on any atom is -0.318 e. The van der Waals surface area contributed by atoms with Crippen molar-refractivity contribution in [3.63, 3.8) is 0 Å². The van der Waals surface area contributed by atoms with Crippen LogP contribution in [-0.2, 0) is 5.54 Å². The number of benzene rings is 2. The van der Waals surface area contributed by atoms with Crippen LogP contribution >= 0.6 is 23.2 Å². The quantitative estimate of drug-likeness (QED) is 0.780. The monoisotopic (exact) mass is 305 g/mol. The fraction of sp³-hybridized carbons (Fsp3) is 0.294. The van der Waals surface area contributed by atoms with Crippen molar-refractivity contribution >= 4 is 23.2 Å². The molecule has 2 atom stereocenters. The third-order valence-corrected chi connectivity index (χ3v) is 4.92. The smallest absolute Gasteiger partial charge is 0.0683 e. The molecule has 0 saturated heterocycles. The largest absolute Gasteiger partial charge is 0.318 e. The van der Waals surface area contributed by atoms with Gasteiger partial charge in [0.2, 0.25) is 0 Å². The minimum atomic E-state index is -0.551. The first-order chi connectivity index (χ1) is 9.52. The highest BCUT2D eigenvalue weighted by Crippen LogP contribution is 2.45. The molecule has 2 N–H and O–H groups in total. The SMILES string of the molecule is CC1CCC(N)(c2cc(Cl)ccc2Cl)c2ccccc21. The van der Waals surface area contributed by atoms with Crippen molar-refractivity contribution < 1.29 is 0 Å². The molecule has 0 heterocycles. The lowest BCUT2D eigenvalue weighted by Gasteiger charge is -2.39. The van der Waals surface area contributed by atoms with Crippen LogP contribution in [0, 0.1) is 0 Å². The van der Waals surface area contributed by atoms with Gasteiger partial charge in [0.05, 0.1) is 5.54 Å². The molecule has 3 heteroatoms. The van der Waals surface area contributed by atoms with Crippen molar-refractivity contribution in [2.24, 2.45) is 5.73 Å². The Hall–Kier alpha value is -1.02. The molecule has 0 fully saturated rings. The van der Waals surface area contributed by atoms with Gasteiger partial charge in [-0.1, -0.05) is 54.4 Å². The summed E-state index contributed by atoms with van der Waals surface area (Å²) in [4.78, 5) is 0. The number of rotatable bonds is 1. The highest BCUT2D eigenvalue weighted by molar-refractivity contribution is 6.33. The van der Waals surface area contributed by atoms with Crippen LogP contribution in [0.15, 0.2) is 42.5 Å². The number of nitrogens with two attached hydrogens (primary N) is 1. The van der Waals surface area contributed by atoms with E-state index in [4.69, 9.17) is 28.9 Å². The first-order valence-corrected chi connectivity index (χ1v) is 7.62. The van der Waals surface area contributed by atoms with Crippen molar-refractivity contribution in [1.29, 1.82) is 0 Å². The number of hydrogen-bond donors (Lipinski definition) is 1. The second-order valence-corrected chi connectivity index (χ2v) is 6.47. The predicted octanol–water partition coefficient (Wildman–Crippen LogP) is 5.09. The standard InChI is InChI=1S/C17H17Cl2N/c1-11-8-9-17(20,14-5-3-2-4-13(11)14)15-10-12(18)6-7-16(15)19/h2-7,10-11H,8-9,20H2,1H3. The molecule has 0 saturated carbocycles. The van der Waals surface area contributed by atoms with Crippen LogP contribution in [0.2, 0.25) is 10.0 Å². The van der Waals surface area contributed by atoms with E-state index < -0.39 is 5.54 Å². The lowest BCUT2D eigenvalue weighted by molar-refractivity contribution is 0.412. The molecule has 2 aromatic rings. The summed E-state index contributed by atoms with van der Waals surface area (Å²) in [6, 6.07) is 13.9. The van der Waals surface area contributed by atoms with Crippen molar-refractivity contribution in [2.75, 3.05) is 0 Å². The Bertz CT molecular complexity index is 653. The Labute approximate surface area is 129 Å². The maximum Gasteiger partial charge on any atom is 0.0683 e. The van der Waals surface area contributed by atoms with E-state index in [9.17, 15) is 0 Å². The predicted molar refractivity (Wildman–Crippen MR) is 85.5 cm³/mol. The van der Waals surface area contributed by atoms with Gasteiger partial charge in [0.25, 0.3) is 0 Å². The molecule has 2 unspecified atom stereocenters. The van der Waals surface area contributed by atoms with Gasteiger partial charge in [0.15, 0.2) is 0 Å². The lowest BCUT2D eigenvalue weighted by atomic mass is 9.70. The summed E-state index contributed by atoms with van der Waals surface area (Å²) in [5, 5.41) is 1.35. The first-order valence-electron chi connectivity index (χ1n) is 6.86. The molecule has 0 aliphatic heterocycles. The molecule has 1 aliphatic rings. The Morgan fingerprint density at radius 3 is 2.65 bits per heavy atom. The van der Waals surface area contributed by atoms with Gasteiger partial charge in [0.1, 0.15) is 0 Å². The molecular formula is C17H17Cl2N. The lowest BCUT2D eigenvalue weighted by Crippen LogP contribution is -2.42. The second kappa shape index (κ2) is 5.07. The van der Waals surface area contributed by atoms with Gasteiger partial charge in [-0.2, -0.15) is 0 Å². The first kappa shape index (κ1) is 13.9. The minimum absolute atomic E-state index is 0.529. The molecule has 0 amide bonds. The Morgan fingerprint density at radius 1 is 1.10 bits per heavy atom. The normalized spacial score (nSPS) is 25.3. The summed E-state index contributed by atoms with van der Waals surface area (Å²) < 4.78 is 0. The molecule has 2 aromatic carbocycles. The third kappa shape index (κ3) is 2.14. The highest BCUT2D eigenvalue weighted by atomic mass is 35.5. The highest BCUT2D eigenvalue weighted by Gasteiger charge is 2.38. The van der Waals surface area contributed by atoms with Gasteiger partial charge in [-0.25, -0.2) is 0 Å². The maximum atomic E-state index is 6.78. The van der Waals surface area contributed by atoms with Gasteiger partial charge >= 0.3 is 0 Å². The molecule has 0 spiro atoms. The van der Waals surface area contributed by atoms with Crippen LogP contribution in [0.5, 0.6) is 0 Å². The molecule has 1 nitrogen and oxygen atoms in total. The van der Waals surface area contributed by atoms with Gasteiger partial charge in [0, 0.05) is 10.0 Å². The van der Waals surface area contributed by atoms with Crippen LogP contribution in [0.25, 0.3) is 0 Å². The van der Waals surface area contributed by atoms with E-state index in [1.54, 1.807) is 6.07 Å². The zero-order chi connectivity index (χ0) is 14.3. The molecule has 0 radical (unpaired) electrons. The topological polar surface area (TPSA) is 26.0 Å². The van der Waals surface area contributed by atoms with Crippen molar-refractivity contribution in [3.05, 3.63) is 69.2 Å². The van der Waals surface area contributed by atoms with Crippen LogP contribution in [0.1, 0.15) is 42.4 Å². The average molecular weight is 306 g/mol. The molecule has 20 heavy (non-hydrogen) atoms. The Kier molecular flexibility index (Phi) is 3.53. The third-order valence-electron chi connectivity index (χ3n) is 4.35. The van der Waals surface area contributed by atoms with Crippen LogP contribution in [0.4, 0.5) is 0 Å². The summed E-state index contributed by atoms with van der Waals surface area (Å²) in [6.45, 7) is 2.25. The van der Waals surface area contributed by atoms with E-state index in [-0.39, 0.29) is 0 Å². The molecule has 0 bridgehead atoms. The van der Waals surface area contributed by atoms with E-state index in [1.807, 2.05) is 18.2 Å². The van der Waals surface area contributed by atoms with Gasteiger partial charge < -0.3 is 5.73 Å². The average Bonchev–Trinajstić information content (AvgIpc) is 2.46. The molecule has 0 aromatic heterocycles. The number of fused-ring (bicyclic) bond motifs is 1. The molecule has 3 rings (SSSR count). The van der Waals surface area contributed by atoms with Gasteiger partial charge in [-0.05, 0) is 53.6 Å². The van der Waals surface area contributed by atoms with E-state index in [0.29, 0.717) is 16.0 Å². The fourth-order valence-corrected chi connectivity index (χ4v) is 3.64. The van der Waals surface area contributed by atoms with Crippen molar-refractivity contribution in [2.45, 2.75) is 31.2 Å². The summed E-state index contributed by atoms with van der Waals surface area (Å²) in [7, 11) is 0. The molecule has 1 aliphatic carbocycles. The fourth-order valence-electron chi connectivity index (χ4n) is 3.19. The van der Waals surface area contributed by atoms with E-state index in [0.717, 1.165) is 18.4 Å². The van der Waals surface area contributed by atoms with Crippen LogP contribution < -0.4 is 5.73 Å². The van der Waals surface area contributed by atoms with Gasteiger partial charge in [-0.15, -0.1) is 0 Å². The Morgan fingerprint density at radius 2 is 1.85 bits per heavy atom. The van der Waals surface area contributed by atoms with E-state index in [1.165, 1.54) is 11.1 Å². The summed E-state index contributed by atoms with van der Waals surface area (Å²) in [6.07, 6.45) is 1.93. The van der Waals surface area contributed by atoms with E-state index in [2.05, 4.69) is 25.1 Å². The van der Waals surface area contributed by atoms with E-state index >= 15 is 0 Å². The van der Waals surface area contributed by atoms with Crippen molar-refractivity contribution in [3.8, 4) is 0 Å². The second-order valence-electron chi connectivity index (χ2n) is 5.62. The zero-order valence-electron chi connectivity index (χ0n) is 11.4.